The van der Waals surface area contributed by atoms with Crippen LogP contribution in [0.25, 0.3) is 11.0 Å². The average molecular weight is 250 g/mol. The van der Waals surface area contributed by atoms with Crippen LogP contribution in [-0.4, -0.2) is 23.1 Å². The maximum Gasteiger partial charge on any atom is 0.139 e. The van der Waals surface area contributed by atoms with Gasteiger partial charge in [-0.3, -0.25) is 0 Å². The molecule has 0 spiro atoms. The average Bonchev–Trinajstić information content (AvgIpc) is 2.75. The third-order valence-corrected chi connectivity index (χ3v) is 4.05. The summed E-state index contributed by atoms with van der Waals surface area (Å²) in [5.74, 6) is 1.21. The van der Waals surface area contributed by atoms with Gasteiger partial charge in [0.1, 0.15) is 5.65 Å². The summed E-state index contributed by atoms with van der Waals surface area (Å²) >= 11 is 6.29. The number of hydrogen-bond donors (Lipinski definition) is 2. The second-order valence-corrected chi connectivity index (χ2v) is 5.24. The summed E-state index contributed by atoms with van der Waals surface area (Å²) < 4.78 is 0. The van der Waals surface area contributed by atoms with Crippen LogP contribution < -0.4 is 5.32 Å². The van der Waals surface area contributed by atoms with Gasteiger partial charge in [0.15, 0.2) is 0 Å². The molecular weight excluding hydrogens is 234 g/mol. The van der Waals surface area contributed by atoms with E-state index in [0.717, 1.165) is 29.1 Å². The maximum atomic E-state index is 6.29. The van der Waals surface area contributed by atoms with Crippen LogP contribution in [0.15, 0.2) is 18.5 Å². The van der Waals surface area contributed by atoms with Crippen LogP contribution in [-0.2, 0) is 0 Å². The van der Waals surface area contributed by atoms with Crippen molar-refractivity contribution in [2.45, 2.75) is 19.3 Å². The molecule has 2 aromatic heterocycles. The summed E-state index contributed by atoms with van der Waals surface area (Å²) in [7, 11) is 0. The molecule has 2 aromatic rings. The molecule has 2 atom stereocenters. The second-order valence-electron chi connectivity index (χ2n) is 4.84. The van der Waals surface area contributed by atoms with Crippen LogP contribution in [0, 0.1) is 5.92 Å². The van der Waals surface area contributed by atoms with Crippen molar-refractivity contribution in [3.05, 3.63) is 29.0 Å². The molecule has 0 aliphatic carbocycles. The predicted octanol–water partition coefficient (Wildman–Crippen LogP) is 2.93. The SMILES string of the molecule is CC1CNCCC1c1c[nH]c2nccc(Cl)c12. The number of H-pyrrole nitrogens is 1. The summed E-state index contributed by atoms with van der Waals surface area (Å²) in [6, 6.07) is 1.87. The van der Waals surface area contributed by atoms with E-state index in [9.17, 15) is 0 Å². The Kier molecular flexibility index (Phi) is 2.81. The quantitative estimate of drug-likeness (QED) is 0.816. The number of nitrogens with one attached hydrogen (secondary N) is 2. The zero-order valence-electron chi connectivity index (χ0n) is 9.83. The van der Waals surface area contributed by atoms with Crippen LogP contribution in [0.5, 0.6) is 0 Å². The lowest BCUT2D eigenvalue weighted by atomic mass is 9.82. The van der Waals surface area contributed by atoms with Gasteiger partial charge < -0.3 is 10.3 Å². The zero-order valence-corrected chi connectivity index (χ0v) is 10.6. The van der Waals surface area contributed by atoms with Crippen LogP contribution in [0.4, 0.5) is 0 Å². The van der Waals surface area contributed by atoms with E-state index < -0.39 is 0 Å². The molecule has 0 aromatic carbocycles. The Morgan fingerprint density at radius 3 is 3.18 bits per heavy atom. The number of nitrogens with zero attached hydrogens (tertiary/aromatic N) is 1. The molecule has 3 nitrogen and oxygen atoms in total. The molecular formula is C13H16ClN3. The third-order valence-electron chi connectivity index (χ3n) is 3.74. The van der Waals surface area contributed by atoms with Crippen molar-refractivity contribution in [2.24, 2.45) is 5.92 Å². The standard InChI is InChI=1S/C13H16ClN3/c1-8-6-15-4-2-9(8)10-7-17-13-12(10)11(14)3-5-16-13/h3,5,7-9,15H,2,4,6H2,1H3,(H,16,17). The third kappa shape index (κ3) is 1.83. The number of aromatic nitrogens is 2. The Labute approximate surface area is 106 Å². The summed E-state index contributed by atoms with van der Waals surface area (Å²) in [6.07, 6.45) is 4.99. The number of piperidine rings is 1. The second kappa shape index (κ2) is 4.31. The van der Waals surface area contributed by atoms with Crippen molar-refractivity contribution in [3.8, 4) is 0 Å². The van der Waals surface area contributed by atoms with Gasteiger partial charge in [0.2, 0.25) is 0 Å². The first-order chi connectivity index (χ1) is 8.27. The van der Waals surface area contributed by atoms with E-state index >= 15 is 0 Å². The van der Waals surface area contributed by atoms with E-state index in [-0.39, 0.29) is 0 Å². The van der Waals surface area contributed by atoms with Crippen molar-refractivity contribution >= 4 is 22.6 Å². The molecule has 4 heteroatoms. The fraction of sp³-hybridized carbons (Fsp3) is 0.462. The maximum absolute atomic E-state index is 6.29. The molecule has 3 heterocycles. The van der Waals surface area contributed by atoms with Crippen molar-refractivity contribution < 1.29 is 0 Å². The summed E-state index contributed by atoms with van der Waals surface area (Å²) in [4.78, 5) is 7.56. The molecule has 2 N–H and O–H groups in total. The van der Waals surface area contributed by atoms with Gasteiger partial charge in [-0.1, -0.05) is 18.5 Å². The van der Waals surface area contributed by atoms with Gasteiger partial charge in [-0.25, -0.2) is 4.98 Å². The molecule has 1 aliphatic rings. The van der Waals surface area contributed by atoms with Crippen molar-refractivity contribution in [1.29, 1.82) is 0 Å². The summed E-state index contributed by atoms with van der Waals surface area (Å²) in [6.45, 7) is 4.45. The first-order valence-corrected chi connectivity index (χ1v) is 6.47. The van der Waals surface area contributed by atoms with Crippen LogP contribution in [0.1, 0.15) is 24.8 Å². The first kappa shape index (κ1) is 11.1. The summed E-state index contributed by atoms with van der Waals surface area (Å²) in [5, 5.41) is 5.34. The molecule has 0 amide bonds. The van der Waals surface area contributed by atoms with Gasteiger partial charge in [-0.05, 0) is 43.0 Å². The van der Waals surface area contributed by atoms with Gasteiger partial charge in [-0.15, -0.1) is 0 Å². The molecule has 0 bridgehead atoms. The monoisotopic (exact) mass is 249 g/mol. The Morgan fingerprint density at radius 1 is 1.47 bits per heavy atom. The minimum atomic E-state index is 0.576. The van der Waals surface area contributed by atoms with E-state index in [1.807, 2.05) is 6.07 Å². The fourth-order valence-corrected chi connectivity index (χ4v) is 3.06. The number of aromatic amines is 1. The lowest BCUT2D eigenvalue weighted by molar-refractivity contribution is 0.351. The number of rotatable bonds is 1. The molecule has 3 rings (SSSR count). The smallest absolute Gasteiger partial charge is 0.139 e. The molecule has 90 valence electrons. The molecule has 17 heavy (non-hydrogen) atoms. The van der Waals surface area contributed by atoms with E-state index in [1.165, 1.54) is 12.0 Å². The van der Waals surface area contributed by atoms with Crippen molar-refractivity contribution in [1.82, 2.24) is 15.3 Å². The van der Waals surface area contributed by atoms with Gasteiger partial charge in [0.05, 0.1) is 5.02 Å². The highest BCUT2D eigenvalue weighted by Gasteiger charge is 2.25. The highest BCUT2D eigenvalue weighted by atomic mass is 35.5. The minimum Gasteiger partial charge on any atom is -0.346 e. The van der Waals surface area contributed by atoms with Crippen LogP contribution >= 0.6 is 11.6 Å². The Hall–Kier alpha value is -1.06. The Balaban J connectivity index is 2.10. The largest absolute Gasteiger partial charge is 0.346 e. The lowest BCUT2D eigenvalue weighted by Crippen LogP contribution is -2.33. The van der Waals surface area contributed by atoms with E-state index in [2.05, 4.69) is 28.4 Å². The summed E-state index contributed by atoms with van der Waals surface area (Å²) in [5.41, 5.74) is 2.23. The Bertz CT molecular complexity index is 534. The van der Waals surface area contributed by atoms with Crippen LogP contribution in [0.2, 0.25) is 5.02 Å². The van der Waals surface area contributed by atoms with Gasteiger partial charge in [0, 0.05) is 17.8 Å². The highest BCUT2D eigenvalue weighted by molar-refractivity contribution is 6.35. The number of hydrogen-bond acceptors (Lipinski definition) is 2. The van der Waals surface area contributed by atoms with Gasteiger partial charge in [-0.2, -0.15) is 0 Å². The zero-order chi connectivity index (χ0) is 11.8. The lowest BCUT2D eigenvalue weighted by Gasteiger charge is -2.29. The first-order valence-electron chi connectivity index (χ1n) is 6.09. The topological polar surface area (TPSA) is 40.7 Å². The Morgan fingerprint density at radius 2 is 2.35 bits per heavy atom. The predicted molar refractivity (Wildman–Crippen MR) is 70.5 cm³/mol. The van der Waals surface area contributed by atoms with E-state index in [0.29, 0.717) is 11.8 Å². The molecule has 1 fully saturated rings. The number of fused-ring (bicyclic) bond motifs is 1. The minimum absolute atomic E-state index is 0.576. The highest BCUT2D eigenvalue weighted by Crippen LogP contribution is 2.36. The number of halogens is 1. The van der Waals surface area contributed by atoms with Gasteiger partial charge in [0.25, 0.3) is 0 Å². The normalized spacial score (nSPS) is 25.3. The fourth-order valence-electron chi connectivity index (χ4n) is 2.81. The van der Waals surface area contributed by atoms with Crippen molar-refractivity contribution in [3.63, 3.8) is 0 Å². The molecule has 1 saturated heterocycles. The molecule has 2 unspecified atom stereocenters. The van der Waals surface area contributed by atoms with E-state index in [4.69, 9.17) is 11.6 Å². The van der Waals surface area contributed by atoms with Gasteiger partial charge >= 0.3 is 0 Å². The molecule has 0 saturated carbocycles. The van der Waals surface area contributed by atoms with Crippen LogP contribution in [0.3, 0.4) is 0 Å². The van der Waals surface area contributed by atoms with Crippen molar-refractivity contribution in [2.75, 3.05) is 13.1 Å². The number of pyridine rings is 1. The molecule has 0 radical (unpaired) electrons. The van der Waals surface area contributed by atoms with E-state index in [1.54, 1.807) is 6.20 Å². The molecule has 1 aliphatic heterocycles.